The molecule has 7 aromatic heterocycles. The van der Waals surface area contributed by atoms with Gasteiger partial charge in [-0.1, -0.05) is 6.07 Å². The number of hydrogen-bond donors (Lipinski definition) is 15. The van der Waals surface area contributed by atoms with E-state index in [1.807, 2.05) is 0 Å². The molecule has 0 amide bonds. The van der Waals surface area contributed by atoms with Crippen LogP contribution in [0.3, 0.4) is 0 Å². The van der Waals surface area contributed by atoms with Gasteiger partial charge in [0.1, 0.15) is 109 Å². The summed E-state index contributed by atoms with van der Waals surface area (Å²) < 4.78 is 149. The van der Waals surface area contributed by atoms with Crippen LogP contribution in [0, 0.1) is 20.8 Å². The number of nitrogen functional groups attached to an aromatic ring is 2. The van der Waals surface area contributed by atoms with Gasteiger partial charge in [0.2, 0.25) is 11.9 Å². The number of H-pyrrole nitrogens is 5. The molecule has 686 valence electrons. The van der Waals surface area contributed by atoms with Crippen molar-refractivity contribution < 1.29 is 127 Å². The van der Waals surface area contributed by atoms with Crippen LogP contribution in [0.15, 0.2) is 133 Å². The molecule has 53 nitrogen and oxygen atoms in total. The number of aliphatic hydroxyl groups excluding tert-OH is 1. The maximum absolute atomic E-state index is 14.5. The van der Waals surface area contributed by atoms with Crippen LogP contribution < -0.4 is 67.1 Å². The van der Waals surface area contributed by atoms with Crippen LogP contribution in [0.5, 0.6) is 5.75 Å². The van der Waals surface area contributed by atoms with Crippen molar-refractivity contribution in [1.82, 2.24) is 67.7 Å². The number of aromatic hydroxyl groups is 1. The number of nitrogens with one attached hydrogen (secondary N) is 6. The fourth-order valence-corrected chi connectivity index (χ4v) is 19.4. The van der Waals surface area contributed by atoms with E-state index in [-0.39, 0.29) is 97.7 Å². The first-order chi connectivity index (χ1) is 61.1. The number of fused-ring (bicyclic) bond motifs is 4. The van der Waals surface area contributed by atoms with E-state index in [9.17, 15) is 101 Å². The number of imidazole rings is 2. The molecule has 0 spiro atoms. The van der Waals surface area contributed by atoms with Crippen LogP contribution in [0.1, 0.15) is 90.3 Å². The van der Waals surface area contributed by atoms with Crippen molar-refractivity contribution in [2.75, 3.05) is 49.8 Å². The average molecular weight is 1900 g/mol. The number of carboxylic acids is 1. The Labute approximate surface area is 721 Å². The van der Waals surface area contributed by atoms with E-state index in [4.69, 9.17) is 92.7 Å². The number of thiocarbonyl (C=S) groups is 1. The van der Waals surface area contributed by atoms with Crippen molar-refractivity contribution in [3.8, 4) is 28.2 Å². The monoisotopic (exact) mass is 1900 g/mol. The Balaban J connectivity index is 0.614. The molecule has 13 heterocycles. The van der Waals surface area contributed by atoms with Gasteiger partial charge < -0.3 is 84.5 Å². The average Bonchev–Trinajstić information content (AvgIpc) is 1.74. The van der Waals surface area contributed by atoms with Crippen LogP contribution >= 0.6 is 43.5 Å². The van der Waals surface area contributed by atoms with Gasteiger partial charge in [-0.05, 0) is 75.0 Å². The van der Waals surface area contributed by atoms with E-state index in [2.05, 4.69) is 50.2 Å². The molecule has 2 aromatic carbocycles. The topological polar surface area (TPSA) is 742 Å². The van der Waals surface area contributed by atoms with Crippen LogP contribution in [0.2, 0.25) is 0 Å². The van der Waals surface area contributed by atoms with E-state index in [1.54, 1.807) is 0 Å². The fourth-order valence-electron chi connectivity index (χ4n) is 15.3. The summed E-state index contributed by atoms with van der Waals surface area (Å²) in [5.41, 5.74) is 4.12. The Morgan fingerprint density at radius 3 is 1.32 bits per heavy atom. The number of phosphoric acid groups is 4. The molecule has 19 unspecified atom stereocenters. The SMILES string of the molecule is Cc1cn(C2CC(OC(=S)Nc3ccc(-c4c5ccc(=O)cc-5oc5cc(O)ccc45)c(C(=O)O)c3)C(COP(=O)(O)OC3CC(n4cc(C)c(=O)[nH]c4=O)OC3COP(=O)(O)OC3CC(n4cc(C)c(=O)[nH]c4=O)OC3COP(=O)(O)OC3CC(n4cnc5c(=O)[nH]c(N)nc54)OC3COP(=O)(O)OC3CC(n4cnc5c(=O)[nH]c(N)nc54)OC3CO)O2)c(=O)[nH]c1=O. The van der Waals surface area contributed by atoms with Crippen LogP contribution in [0.25, 0.3) is 55.7 Å². The number of aromatic amines is 5. The van der Waals surface area contributed by atoms with E-state index in [0.29, 0.717) is 16.5 Å². The van der Waals surface area contributed by atoms with Gasteiger partial charge in [-0.25, -0.2) is 47.4 Å². The summed E-state index contributed by atoms with van der Waals surface area (Å²) >= 11 is 5.62. The van der Waals surface area contributed by atoms with Crippen molar-refractivity contribution >= 4 is 106 Å². The zero-order valence-corrected chi connectivity index (χ0v) is 71.1. The van der Waals surface area contributed by atoms with Gasteiger partial charge >= 0.3 is 54.3 Å². The van der Waals surface area contributed by atoms with Crippen molar-refractivity contribution in [2.24, 2.45) is 0 Å². The lowest BCUT2D eigenvalue weighted by Crippen LogP contribution is -2.34. The number of phenols is 1. The van der Waals surface area contributed by atoms with Crippen LogP contribution in [-0.4, -0.2) is 208 Å². The molecule has 129 heavy (non-hydrogen) atoms. The number of aryl methyl sites for hydroxylation is 3. The Morgan fingerprint density at radius 1 is 0.512 bits per heavy atom. The number of carboxylic acid groups (broad SMARTS) is 1. The molecular weight excluding hydrogens is 1820 g/mol. The van der Waals surface area contributed by atoms with Crippen molar-refractivity contribution in [3.05, 3.63) is 202 Å². The molecule has 0 bridgehead atoms. The summed E-state index contributed by atoms with van der Waals surface area (Å²) in [5.74, 6) is -2.20. The van der Waals surface area contributed by atoms with Crippen LogP contribution in [0.4, 0.5) is 17.6 Å². The summed E-state index contributed by atoms with van der Waals surface area (Å²) in [7, 11) is -22.3. The summed E-state index contributed by atoms with van der Waals surface area (Å²) in [6, 6.07) is 12.1. The number of aliphatic hydroxyl groups is 1. The Bertz CT molecular complexity index is 7050. The zero-order chi connectivity index (χ0) is 91.9. The zero-order valence-electron chi connectivity index (χ0n) is 66.7. The second-order valence-electron chi connectivity index (χ2n) is 30.1. The molecule has 16 rings (SSSR count). The number of phosphoric ester groups is 4. The van der Waals surface area contributed by atoms with E-state index in [1.165, 1.54) is 90.8 Å². The Hall–Kier alpha value is -11.4. The molecule has 9 aromatic rings. The summed E-state index contributed by atoms with van der Waals surface area (Å²) in [4.78, 5) is 202. The highest BCUT2D eigenvalue weighted by atomic mass is 32.1. The number of aromatic carboxylic acids is 1. The second kappa shape index (κ2) is 35.8. The molecule has 6 aliphatic heterocycles. The highest BCUT2D eigenvalue weighted by molar-refractivity contribution is 7.80. The first-order valence-electron chi connectivity index (χ1n) is 38.6. The van der Waals surface area contributed by atoms with Crippen molar-refractivity contribution in [1.29, 1.82) is 0 Å². The van der Waals surface area contributed by atoms with Gasteiger partial charge in [-0.15, -0.1) is 0 Å². The summed E-state index contributed by atoms with van der Waals surface area (Å²) in [6.07, 6.45) is -20.2. The molecule has 17 N–H and O–H groups in total. The lowest BCUT2D eigenvalue weighted by molar-refractivity contribution is -0.0644. The molecule has 1 aliphatic carbocycles. The Kier molecular flexibility index (Phi) is 25.3. The smallest absolute Gasteiger partial charge is 0.472 e. The number of aromatic nitrogens is 14. The third kappa shape index (κ3) is 19.6. The van der Waals surface area contributed by atoms with E-state index >= 15 is 0 Å². The lowest BCUT2D eigenvalue weighted by atomic mass is 9.90. The molecule has 19 atom stereocenters. The maximum Gasteiger partial charge on any atom is 0.472 e. The predicted octanol–water partition coefficient (Wildman–Crippen LogP) is 1.50. The maximum atomic E-state index is 14.5. The highest BCUT2D eigenvalue weighted by Crippen LogP contribution is 2.56. The van der Waals surface area contributed by atoms with Gasteiger partial charge in [-0.3, -0.25) is 113 Å². The van der Waals surface area contributed by atoms with E-state index < -0.39 is 237 Å². The largest absolute Gasteiger partial charge is 0.508 e. The van der Waals surface area contributed by atoms with Crippen molar-refractivity contribution in [2.45, 2.75) is 145 Å². The minimum Gasteiger partial charge on any atom is -0.508 e. The number of hydrogen-bond acceptors (Lipinski definition) is 38. The van der Waals surface area contributed by atoms with Gasteiger partial charge in [0.15, 0.2) is 27.8 Å². The molecule has 7 aliphatic rings. The third-order valence-electron chi connectivity index (χ3n) is 21.4. The lowest BCUT2D eigenvalue weighted by Gasteiger charge is -2.26. The minimum absolute atomic E-state index is 0.0314. The number of ether oxygens (including phenoxy) is 6. The number of phenolic OH excluding ortho intramolecular Hbond substituents is 1. The number of rotatable bonds is 30. The number of nitrogens with two attached hydrogens (primary N) is 2. The number of nitrogens with zero attached hydrogens (tertiary/aromatic N) is 9. The molecular formula is C71H75N17O36P4S. The number of carbonyl (C=O) groups is 1. The van der Waals surface area contributed by atoms with Crippen LogP contribution in [-0.2, 0) is 82.9 Å². The first kappa shape index (κ1) is 91.0. The minimum atomic E-state index is -5.70. The number of anilines is 3. The summed E-state index contributed by atoms with van der Waals surface area (Å²) in [5, 5.41) is 34.0. The molecule has 5 fully saturated rings. The fraction of sp³-hybridized carbons (Fsp3) is 0.394. The third-order valence-corrected chi connectivity index (χ3v) is 25.6. The van der Waals surface area contributed by atoms with E-state index in [0.717, 1.165) is 38.6 Å². The predicted molar refractivity (Wildman–Crippen MR) is 440 cm³/mol. The standard InChI is InChI=1S/C71H75N17O36P4S/c1-28-18-84(68(99)81-60(28)92)50-13-40(120-71(129)76-31-4-7-34(37(10-31)65(97)98)55-35-8-5-32(90)11-38(35)114-39-12-33(91)6-9-36(39)55)46(116-50)22-110-126(104,105)122-42-15-51(85-19-29(2)61(93)82-69(85)100)117-47(42)23-112-127(106,107)123-43-16-52(86-20-30(3)62(94)83-70(86)101)118-48(43)24-113-128(108,109)124-44-17-54(88-27-75-57-59(88)78-67(73)80-64(57)96)119-49(44)25-111-125(102,103)121-41-14-53(115-45(41)21-89)87-26-74-56-58(87)77-66(72)79-63(56)95/h4-12,18-20,26-27,40-54,89-90H,13-17,21-25H2,1-3H3,(H,76,129)(H,97,98)(H,102,103)(H,104,105)(H,106,107)(H,108,109)(H,81,92,99)(H,82,93,100)(H,83,94,101)(H3,72,77,79,95)(H3,73,78,80,96). The molecule has 5 saturated heterocycles. The quantitative estimate of drug-likeness (QED) is 0.0172. The van der Waals surface area contributed by atoms with Gasteiger partial charge in [0.25, 0.3) is 33.0 Å². The Morgan fingerprint density at radius 2 is 0.899 bits per heavy atom. The molecule has 0 radical (unpaired) electrons. The number of benzene rings is 3. The summed E-state index contributed by atoms with van der Waals surface area (Å²) in [6.45, 7) is -1.12. The van der Waals surface area contributed by atoms with Gasteiger partial charge in [-0.2, -0.15) is 9.97 Å². The van der Waals surface area contributed by atoms with Crippen molar-refractivity contribution in [3.63, 3.8) is 0 Å². The normalized spacial score (nSPS) is 25.4. The highest BCUT2D eigenvalue weighted by Gasteiger charge is 2.51. The first-order valence-corrected chi connectivity index (χ1v) is 44.9. The van der Waals surface area contributed by atoms with Gasteiger partial charge in [0, 0.05) is 102 Å². The molecule has 0 saturated carbocycles. The second-order valence-corrected chi connectivity index (χ2v) is 36.1. The molecule has 58 heteroatoms. The van der Waals surface area contributed by atoms with Gasteiger partial charge in [0.05, 0.1) is 51.3 Å².